The quantitative estimate of drug-likeness (QED) is 0.897. The van der Waals surface area contributed by atoms with Gasteiger partial charge in [0.25, 0.3) is 0 Å². The minimum atomic E-state index is -0.0916. The molecule has 1 aliphatic carbocycles. The van der Waals surface area contributed by atoms with E-state index in [-0.39, 0.29) is 6.10 Å². The van der Waals surface area contributed by atoms with Crippen molar-refractivity contribution in [2.75, 3.05) is 19.6 Å². The Kier molecular flexibility index (Phi) is 4.94. The third kappa shape index (κ3) is 3.47. The number of likely N-dealkylation sites (tertiary alicyclic amines) is 1. The second-order valence-corrected chi connectivity index (χ2v) is 6.75. The molecule has 0 aromatic heterocycles. The van der Waals surface area contributed by atoms with Crippen molar-refractivity contribution >= 4 is 0 Å². The Morgan fingerprint density at radius 1 is 1.05 bits per heavy atom. The zero-order chi connectivity index (χ0) is 14.7. The molecule has 1 aliphatic heterocycles. The number of hydrogen-bond donors (Lipinski definition) is 2. The van der Waals surface area contributed by atoms with Gasteiger partial charge in [0, 0.05) is 19.1 Å². The number of nitrogens with two attached hydrogens (primary N) is 1. The normalized spacial score (nSPS) is 32.2. The largest absolute Gasteiger partial charge is 0.393 e. The maximum absolute atomic E-state index is 9.73. The first-order chi connectivity index (χ1) is 10.3. The fourth-order valence-corrected chi connectivity index (χ4v) is 4.18. The fraction of sp³-hybridized carbons (Fsp3) is 0.667. The molecule has 116 valence electrons. The molecule has 3 heteroatoms. The Morgan fingerprint density at radius 2 is 1.76 bits per heavy atom. The second-order valence-electron chi connectivity index (χ2n) is 6.75. The van der Waals surface area contributed by atoms with Crippen LogP contribution < -0.4 is 5.73 Å². The number of hydrogen-bond acceptors (Lipinski definition) is 3. The topological polar surface area (TPSA) is 49.5 Å². The third-order valence-electron chi connectivity index (χ3n) is 5.50. The molecule has 1 saturated carbocycles. The van der Waals surface area contributed by atoms with Crippen LogP contribution in [-0.4, -0.2) is 41.8 Å². The van der Waals surface area contributed by atoms with Gasteiger partial charge in [0.15, 0.2) is 0 Å². The molecule has 2 aliphatic rings. The van der Waals surface area contributed by atoms with Crippen molar-refractivity contribution in [3.05, 3.63) is 35.9 Å². The van der Waals surface area contributed by atoms with Gasteiger partial charge in [0.1, 0.15) is 0 Å². The van der Waals surface area contributed by atoms with Gasteiger partial charge in [-0.3, -0.25) is 4.90 Å². The summed E-state index contributed by atoms with van der Waals surface area (Å²) in [6.45, 7) is 2.86. The summed E-state index contributed by atoms with van der Waals surface area (Å²) in [5.41, 5.74) is 7.52. The molecule has 3 N–H and O–H groups in total. The van der Waals surface area contributed by atoms with Gasteiger partial charge < -0.3 is 10.8 Å². The number of piperidine rings is 1. The lowest BCUT2D eigenvalue weighted by Gasteiger charge is -2.44. The smallest absolute Gasteiger partial charge is 0.0564 e. The fourth-order valence-electron chi connectivity index (χ4n) is 4.18. The van der Waals surface area contributed by atoms with E-state index in [1.807, 2.05) is 0 Å². The summed E-state index contributed by atoms with van der Waals surface area (Å²) in [4.78, 5) is 2.60. The van der Waals surface area contributed by atoms with Crippen LogP contribution in [0.15, 0.2) is 30.3 Å². The summed E-state index contributed by atoms with van der Waals surface area (Å²) in [6.07, 6.45) is 5.47. The molecule has 3 unspecified atom stereocenters. The van der Waals surface area contributed by atoms with Crippen molar-refractivity contribution in [3.63, 3.8) is 0 Å². The Labute approximate surface area is 128 Å². The molecule has 21 heavy (non-hydrogen) atoms. The average Bonchev–Trinajstić information content (AvgIpc) is 2.56. The lowest BCUT2D eigenvalue weighted by atomic mass is 9.74. The molecule has 1 heterocycles. The van der Waals surface area contributed by atoms with E-state index in [4.69, 9.17) is 5.73 Å². The van der Waals surface area contributed by atoms with Crippen molar-refractivity contribution in [1.82, 2.24) is 4.90 Å². The predicted octanol–water partition coefficient (Wildman–Crippen LogP) is 2.35. The number of nitrogens with zero attached hydrogens (tertiary/aromatic N) is 1. The van der Waals surface area contributed by atoms with Gasteiger partial charge in [-0.1, -0.05) is 30.3 Å². The molecule has 2 fully saturated rings. The van der Waals surface area contributed by atoms with Crippen LogP contribution in [0.2, 0.25) is 0 Å². The first-order valence-electron chi connectivity index (χ1n) is 8.45. The number of aliphatic hydroxyl groups excluding tert-OH is 1. The highest BCUT2D eigenvalue weighted by Crippen LogP contribution is 2.38. The van der Waals surface area contributed by atoms with E-state index in [0.717, 1.165) is 32.5 Å². The molecule has 3 atom stereocenters. The van der Waals surface area contributed by atoms with Crippen LogP contribution in [-0.2, 0) is 0 Å². The van der Waals surface area contributed by atoms with Gasteiger partial charge in [-0.05, 0) is 56.0 Å². The molecule has 1 aromatic rings. The lowest BCUT2D eigenvalue weighted by Crippen LogP contribution is -2.50. The molecule has 3 nitrogen and oxygen atoms in total. The summed E-state index contributed by atoms with van der Waals surface area (Å²) in [5, 5.41) is 9.73. The Hall–Kier alpha value is -0.900. The van der Waals surface area contributed by atoms with Crippen LogP contribution in [0.25, 0.3) is 0 Å². The van der Waals surface area contributed by atoms with Crippen LogP contribution in [0.5, 0.6) is 0 Å². The molecule has 0 radical (unpaired) electrons. The van der Waals surface area contributed by atoms with E-state index in [2.05, 4.69) is 35.2 Å². The summed E-state index contributed by atoms with van der Waals surface area (Å²) >= 11 is 0. The van der Waals surface area contributed by atoms with E-state index in [9.17, 15) is 5.11 Å². The first kappa shape index (κ1) is 15.0. The lowest BCUT2D eigenvalue weighted by molar-refractivity contribution is 0.0281. The summed E-state index contributed by atoms with van der Waals surface area (Å²) in [7, 11) is 0. The van der Waals surface area contributed by atoms with Crippen LogP contribution in [0.3, 0.4) is 0 Å². The summed E-state index contributed by atoms with van der Waals surface area (Å²) in [5.74, 6) is 1.30. The zero-order valence-corrected chi connectivity index (χ0v) is 12.8. The average molecular weight is 288 g/mol. The van der Waals surface area contributed by atoms with Crippen molar-refractivity contribution in [3.8, 4) is 0 Å². The summed E-state index contributed by atoms with van der Waals surface area (Å²) in [6, 6.07) is 11.5. The van der Waals surface area contributed by atoms with E-state index in [1.165, 1.54) is 24.8 Å². The zero-order valence-electron chi connectivity index (χ0n) is 12.8. The summed E-state index contributed by atoms with van der Waals surface area (Å²) < 4.78 is 0. The molecule has 0 bridgehead atoms. The number of rotatable bonds is 3. The highest BCUT2D eigenvalue weighted by atomic mass is 16.3. The predicted molar refractivity (Wildman–Crippen MR) is 86.2 cm³/mol. The number of benzene rings is 1. The van der Waals surface area contributed by atoms with Crippen LogP contribution >= 0.6 is 0 Å². The Bertz CT molecular complexity index is 428. The molecule has 3 rings (SSSR count). The van der Waals surface area contributed by atoms with E-state index >= 15 is 0 Å². The molecule has 1 saturated heterocycles. The molecule has 0 amide bonds. The standard InChI is InChI=1S/C18H28N2O/c19-13-16-7-6-15(14-4-2-1-3-5-14)12-18(16)20-10-8-17(21)9-11-20/h1-5,15-18,21H,6-13,19H2. The minimum Gasteiger partial charge on any atom is -0.393 e. The van der Waals surface area contributed by atoms with Gasteiger partial charge in [-0.2, -0.15) is 0 Å². The van der Waals surface area contributed by atoms with Gasteiger partial charge in [-0.15, -0.1) is 0 Å². The Morgan fingerprint density at radius 3 is 2.43 bits per heavy atom. The SMILES string of the molecule is NCC1CCC(c2ccccc2)CC1N1CCC(O)CC1. The maximum atomic E-state index is 9.73. The van der Waals surface area contributed by atoms with Gasteiger partial charge >= 0.3 is 0 Å². The Balaban J connectivity index is 1.70. The highest BCUT2D eigenvalue weighted by Gasteiger charge is 2.35. The van der Waals surface area contributed by atoms with Crippen molar-refractivity contribution in [2.24, 2.45) is 11.7 Å². The monoisotopic (exact) mass is 288 g/mol. The molecular weight excluding hydrogens is 260 g/mol. The van der Waals surface area contributed by atoms with E-state index < -0.39 is 0 Å². The van der Waals surface area contributed by atoms with Crippen molar-refractivity contribution in [1.29, 1.82) is 0 Å². The van der Waals surface area contributed by atoms with Gasteiger partial charge in [0.2, 0.25) is 0 Å². The molecular formula is C18H28N2O. The first-order valence-corrected chi connectivity index (χ1v) is 8.45. The highest BCUT2D eigenvalue weighted by molar-refractivity contribution is 5.20. The van der Waals surface area contributed by atoms with Crippen LogP contribution in [0.4, 0.5) is 0 Å². The van der Waals surface area contributed by atoms with Crippen LogP contribution in [0, 0.1) is 5.92 Å². The maximum Gasteiger partial charge on any atom is 0.0564 e. The van der Waals surface area contributed by atoms with E-state index in [0.29, 0.717) is 17.9 Å². The second kappa shape index (κ2) is 6.91. The van der Waals surface area contributed by atoms with Crippen molar-refractivity contribution < 1.29 is 5.11 Å². The van der Waals surface area contributed by atoms with Gasteiger partial charge in [0.05, 0.1) is 6.10 Å². The minimum absolute atomic E-state index is 0.0916. The number of aliphatic hydroxyl groups is 1. The van der Waals surface area contributed by atoms with Gasteiger partial charge in [-0.25, -0.2) is 0 Å². The van der Waals surface area contributed by atoms with Crippen molar-refractivity contribution in [2.45, 2.75) is 50.2 Å². The molecule has 0 spiro atoms. The van der Waals surface area contributed by atoms with Crippen LogP contribution in [0.1, 0.15) is 43.6 Å². The molecule has 1 aromatic carbocycles. The van der Waals surface area contributed by atoms with E-state index in [1.54, 1.807) is 0 Å². The third-order valence-corrected chi connectivity index (χ3v) is 5.50.